The molecular weight excluding hydrogens is 332 g/mol. The van der Waals surface area contributed by atoms with Crippen LogP contribution in [0.4, 0.5) is 0 Å². The summed E-state index contributed by atoms with van der Waals surface area (Å²) in [6.07, 6.45) is 1.98. The number of hydrogen-bond acceptors (Lipinski definition) is 4. The van der Waals surface area contributed by atoms with Gasteiger partial charge in [0.15, 0.2) is 0 Å². The molecule has 3 aromatic rings. The molecule has 0 bridgehead atoms. The molecule has 4 rings (SSSR count). The van der Waals surface area contributed by atoms with Gasteiger partial charge in [0.1, 0.15) is 23.9 Å². The fraction of sp³-hybridized carbons (Fsp3) is 0.200. The average Bonchev–Trinajstić information content (AvgIpc) is 2.98. The van der Waals surface area contributed by atoms with Crippen molar-refractivity contribution >= 4 is 5.97 Å². The van der Waals surface area contributed by atoms with Crippen molar-refractivity contribution in [1.29, 1.82) is 0 Å². The molecule has 1 N–H and O–H groups in total. The lowest BCUT2D eigenvalue weighted by Crippen LogP contribution is -2.04. The summed E-state index contributed by atoms with van der Waals surface area (Å²) in [7, 11) is 0. The smallest absolute Gasteiger partial charge is 0.335 e. The van der Waals surface area contributed by atoms with E-state index in [1.165, 1.54) is 0 Å². The maximum absolute atomic E-state index is 11.2. The van der Waals surface area contributed by atoms with Crippen molar-refractivity contribution in [2.45, 2.75) is 13.5 Å². The number of aromatic nitrogens is 2. The number of aromatic carboxylic acids is 1. The summed E-state index contributed by atoms with van der Waals surface area (Å²) < 4.78 is 13.5. The van der Waals surface area contributed by atoms with Crippen LogP contribution in [0.25, 0.3) is 22.6 Å². The van der Waals surface area contributed by atoms with Gasteiger partial charge in [0, 0.05) is 11.8 Å². The molecule has 6 nitrogen and oxygen atoms in total. The van der Waals surface area contributed by atoms with Crippen molar-refractivity contribution in [3.05, 3.63) is 54.2 Å². The van der Waals surface area contributed by atoms with E-state index in [-0.39, 0.29) is 5.56 Å². The highest BCUT2D eigenvalue weighted by molar-refractivity contribution is 5.89. The second kappa shape index (κ2) is 6.55. The monoisotopic (exact) mass is 350 g/mol. The van der Waals surface area contributed by atoms with E-state index >= 15 is 0 Å². The van der Waals surface area contributed by atoms with Gasteiger partial charge in [0.25, 0.3) is 0 Å². The zero-order valence-electron chi connectivity index (χ0n) is 14.3. The predicted octanol–water partition coefficient (Wildman–Crippen LogP) is 3.71. The number of imidazole rings is 1. The van der Waals surface area contributed by atoms with Crippen molar-refractivity contribution in [2.24, 2.45) is 0 Å². The van der Waals surface area contributed by atoms with Gasteiger partial charge in [0.2, 0.25) is 0 Å². The Hall–Kier alpha value is -3.28. The van der Waals surface area contributed by atoms with Crippen LogP contribution in [0.1, 0.15) is 17.3 Å². The van der Waals surface area contributed by atoms with Crippen molar-refractivity contribution in [1.82, 2.24) is 9.55 Å². The van der Waals surface area contributed by atoms with Crippen LogP contribution in [-0.4, -0.2) is 33.8 Å². The van der Waals surface area contributed by atoms with Crippen LogP contribution in [0.2, 0.25) is 0 Å². The third-order valence-corrected chi connectivity index (χ3v) is 4.30. The number of carboxylic acids is 1. The van der Waals surface area contributed by atoms with Crippen LogP contribution in [-0.2, 0) is 6.54 Å². The second-order valence-corrected chi connectivity index (χ2v) is 5.94. The van der Waals surface area contributed by atoms with Gasteiger partial charge < -0.3 is 19.1 Å². The van der Waals surface area contributed by atoms with Crippen LogP contribution >= 0.6 is 0 Å². The molecule has 1 aromatic heterocycles. The molecule has 0 atom stereocenters. The first-order chi connectivity index (χ1) is 12.7. The molecular formula is C20H18N2O4. The minimum atomic E-state index is -0.977. The van der Waals surface area contributed by atoms with E-state index in [2.05, 4.69) is 0 Å². The molecule has 26 heavy (non-hydrogen) atoms. The second-order valence-electron chi connectivity index (χ2n) is 5.94. The van der Waals surface area contributed by atoms with Crippen LogP contribution in [0.3, 0.4) is 0 Å². The fourth-order valence-electron chi connectivity index (χ4n) is 3.10. The molecule has 0 saturated heterocycles. The maximum Gasteiger partial charge on any atom is 0.335 e. The summed E-state index contributed by atoms with van der Waals surface area (Å²) in [4.78, 5) is 16.0. The number of para-hydroxylation sites is 1. The van der Waals surface area contributed by atoms with Gasteiger partial charge in [-0.2, -0.15) is 0 Å². The minimum absolute atomic E-state index is 0.200. The van der Waals surface area contributed by atoms with Crippen molar-refractivity contribution < 1.29 is 19.4 Å². The van der Waals surface area contributed by atoms with E-state index in [4.69, 9.17) is 14.5 Å². The largest absolute Gasteiger partial charge is 0.493 e. The highest BCUT2D eigenvalue weighted by Gasteiger charge is 2.21. The molecule has 0 saturated carbocycles. The highest BCUT2D eigenvalue weighted by Crippen LogP contribution is 2.36. The van der Waals surface area contributed by atoms with Crippen LogP contribution in [0, 0.1) is 0 Å². The van der Waals surface area contributed by atoms with Crippen LogP contribution in [0.15, 0.2) is 48.7 Å². The van der Waals surface area contributed by atoms with E-state index in [1.807, 2.05) is 42.0 Å². The molecule has 0 unspecified atom stereocenters. The molecule has 0 spiro atoms. The molecule has 132 valence electrons. The lowest BCUT2D eigenvalue weighted by molar-refractivity contribution is 0.0696. The molecule has 0 fully saturated rings. The van der Waals surface area contributed by atoms with Crippen molar-refractivity contribution in [3.8, 4) is 34.1 Å². The van der Waals surface area contributed by atoms with Gasteiger partial charge in [-0.05, 0) is 37.3 Å². The lowest BCUT2D eigenvalue weighted by Gasteiger charge is -2.08. The summed E-state index contributed by atoms with van der Waals surface area (Å²) >= 11 is 0. The Morgan fingerprint density at radius 3 is 2.92 bits per heavy atom. The number of hydrogen-bond donors (Lipinski definition) is 1. The molecule has 1 aliphatic heterocycles. The third-order valence-electron chi connectivity index (χ3n) is 4.30. The van der Waals surface area contributed by atoms with Crippen LogP contribution < -0.4 is 9.47 Å². The minimum Gasteiger partial charge on any atom is -0.493 e. The Bertz CT molecular complexity index is 978. The summed E-state index contributed by atoms with van der Waals surface area (Å²) in [6.45, 7) is 3.62. The SMILES string of the molecule is CCOc1ccccc1-c1cn2c(n1)-c1ccc(C(=O)O)cc1OCC2. The Kier molecular flexibility index (Phi) is 4.08. The molecule has 2 aromatic carbocycles. The van der Waals surface area contributed by atoms with Crippen molar-refractivity contribution in [3.63, 3.8) is 0 Å². The van der Waals surface area contributed by atoms with Crippen molar-refractivity contribution in [2.75, 3.05) is 13.2 Å². The predicted molar refractivity (Wildman–Crippen MR) is 96.7 cm³/mol. The number of nitrogens with zero attached hydrogens (tertiary/aromatic N) is 2. The molecule has 0 aliphatic carbocycles. The zero-order valence-corrected chi connectivity index (χ0v) is 14.3. The third kappa shape index (κ3) is 2.79. The van der Waals surface area contributed by atoms with Gasteiger partial charge in [0.05, 0.1) is 30.0 Å². The van der Waals surface area contributed by atoms with Gasteiger partial charge in [-0.1, -0.05) is 12.1 Å². The fourth-order valence-corrected chi connectivity index (χ4v) is 3.10. The molecule has 0 amide bonds. The summed E-state index contributed by atoms with van der Waals surface area (Å²) in [5.74, 6) is 1.12. The first-order valence-electron chi connectivity index (χ1n) is 8.47. The first kappa shape index (κ1) is 16.2. The Morgan fingerprint density at radius 1 is 1.27 bits per heavy atom. The Balaban J connectivity index is 1.82. The molecule has 6 heteroatoms. The number of carboxylic acid groups (broad SMARTS) is 1. The Labute approximate surface area is 150 Å². The van der Waals surface area contributed by atoms with Gasteiger partial charge in [-0.3, -0.25) is 0 Å². The van der Waals surface area contributed by atoms with Crippen LogP contribution in [0.5, 0.6) is 11.5 Å². The van der Waals surface area contributed by atoms with Gasteiger partial charge in [-0.25, -0.2) is 9.78 Å². The quantitative estimate of drug-likeness (QED) is 0.776. The van der Waals surface area contributed by atoms with E-state index in [0.717, 1.165) is 28.4 Å². The van der Waals surface area contributed by atoms with Gasteiger partial charge in [-0.15, -0.1) is 0 Å². The summed E-state index contributed by atoms with van der Waals surface area (Å²) in [5.41, 5.74) is 2.73. The maximum atomic E-state index is 11.2. The lowest BCUT2D eigenvalue weighted by atomic mass is 10.1. The summed E-state index contributed by atoms with van der Waals surface area (Å²) in [6, 6.07) is 12.7. The molecule has 0 radical (unpaired) electrons. The number of benzene rings is 2. The summed E-state index contributed by atoms with van der Waals surface area (Å²) in [5, 5.41) is 9.20. The van der Waals surface area contributed by atoms with E-state index < -0.39 is 5.97 Å². The normalized spacial score (nSPS) is 12.5. The Morgan fingerprint density at radius 2 is 2.12 bits per heavy atom. The van der Waals surface area contributed by atoms with E-state index in [9.17, 15) is 9.90 Å². The number of rotatable bonds is 4. The van der Waals surface area contributed by atoms with E-state index in [0.29, 0.717) is 25.5 Å². The average molecular weight is 350 g/mol. The highest BCUT2D eigenvalue weighted by atomic mass is 16.5. The number of carbonyl (C=O) groups is 1. The molecule has 1 aliphatic rings. The topological polar surface area (TPSA) is 73.6 Å². The number of fused-ring (bicyclic) bond motifs is 3. The zero-order chi connectivity index (χ0) is 18.1. The first-order valence-corrected chi connectivity index (χ1v) is 8.47. The van der Waals surface area contributed by atoms with Gasteiger partial charge >= 0.3 is 5.97 Å². The number of ether oxygens (including phenoxy) is 2. The molecule has 2 heterocycles. The standard InChI is InChI=1S/C20H18N2O4/c1-2-25-17-6-4-3-5-14(17)16-12-22-9-10-26-18-11-13(20(23)24)7-8-15(18)19(22)21-16/h3-8,11-12H,2,9-10H2,1H3,(H,23,24). The van der Waals surface area contributed by atoms with E-state index in [1.54, 1.807) is 18.2 Å².